The molecule has 3 heterocycles. The number of nitrogens with two attached hydrogens (primary N) is 1. The van der Waals surface area contributed by atoms with E-state index in [1.54, 1.807) is 6.20 Å². The van der Waals surface area contributed by atoms with E-state index in [-0.39, 0.29) is 0 Å². The van der Waals surface area contributed by atoms with Gasteiger partial charge in [-0.3, -0.25) is 15.8 Å². The fraction of sp³-hybridized carbons (Fsp3) is 0.476. The lowest BCUT2D eigenvalue weighted by atomic mass is 9.81. The van der Waals surface area contributed by atoms with E-state index in [9.17, 15) is 0 Å². The number of anilines is 1. The number of benzene rings is 1. The molecule has 1 aromatic carbocycles. The number of nitrogen functional groups attached to an aromatic ring is 1. The van der Waals surface area contributed by atoms with Crippen LogP contribution in [0.1, 0.15) is 35.4 Å². The maximum Gasteiger partial charge on any atom is 0.127 e. The van der Waals surface area contributed by atoms with Crippen LogP contribution >= 0.6 is 0 Å². The molecule has 2 aliphatic rings. The standard InChI is InChI=1S/C21H29N5/c1-15-6-8-16(9-7-15)19-12-24-25-20(19)17-5-3-11-26(13-17)14-18-4-2-10-23-21(18)22/h2,4,6-10,17,19-20,24-25H,3,5,11-14H2,1H3,(H2,22,23). The highest BCUT2D eigenvalue weighted by atomic mass is 15.4. The van der Waals surface area contributed by atoms with Crippen molar-refractivity contribution in [3.8, 4) is 0 Å². The second-order valence-corrected chi connectivity index (χ2v) is 7.75. The third kappa shape index (κ3) is 3.75. The van der Waals surface area contributed by atoms with Crippen molar-refractivity contribution in [2.75, 3.05) is 25.4 Å². The highest BCUT2D eigenvalue weighted by molar-refractivity contribution is 5.38. The topological polar surface area (TPSA) is 66.2 Å². The summed E-state index contributed by atoms with van der Waals surface area (Å²) in [6, 6.07) is 13.6. The van der Waals surface area contributed by atoms with E-state index in [4.69, 9.17) is 5.73 Å². The van der Waals surface area contributed by atoms with E-state index in [0.29, 0.717) is 23.7 Å². The Kier molecular flexibility index (Phi) is 5.20. The number of aryl methyl sites for hydroxylation is 1. The van der Waals surface area contributed by atoms with Crippen LogP contribution in [0.15, 0.2) is 42.6 Å². The molecule has 0 saturated carbocycles. The predicted octanol–water partition coefficient (Wildman–Crippen LogP) is 2.44. The van der Waals surface area contributed by atoms with Gasteiger partial charge in [0.15, 0.2) is 0 Å². The number of hydrazine groups is 1. The van der Waals surface area contributed by atoms with Gasteiger partial charge in [0, 0.05) is 43.4 Å². The first kappa shape index (κ1) is 17.5. The number of likely N-dealkylation sites (tertiary alicyclic amines) is 1. The van der Waals surface area contributed by atoms with Gasteiger partial charge in [0.2, 0.25) is 0 Å². The first-order valence-corrected chi connectivity index (χ1v) is 9.67. The van der Waals surface area contributed by atoms with Crippen LogP contribution in [-0.2, 0) is 6.54 Å². The average Bonchev–Trinajstić information content (AvgIpc) is 3.14. The van der Waals surface area contributed by atoms with Crippen LogP contribution in [0.4, 0.5) is 5.82 Å². The summed E-state index contributed by atoms with van der Waals surface area (Å²) < 4.78 is 0. The van der Waals surface area contributed by atoms with Crippen molar-refractivity contribution in [2.24, 2.45) is 5.92 Å². The van der Waals surface area contributed by atoms with Gasteiger partial charge in [-0.25, -0.2) is 4.98 Å². The molecule has 2 fully saturated rings. The number of aromatic nitrogens is 1. The Morgan fingerprint density at radius 2 is 2.08 bits per heavy atom. The molecule has 2 aromatic rings. The van der Waals surface area contributed by atoms with E-state index < -0.39 is 0 Å². The molecular formula is C21H29N5. The van der Waals surface area contributed by atoms with E-state index in [1.165, 1.54) is 24.0 Å². The second-order valence-electron chi connectivity index (χ2n) is 7.75. The minimum Gasteiger partial charge on any atom is -0.383 e. The zero-order valence-electron chi connectivity index (χ0n) is 15.5. The number of hydrogen-bond donors (Lipinski definition) is 3. The van der Waals surface area contributed by atoms with Crippen LogP contribution in [0, 0.1) is 12.8 Å². The lowest BCUT2D eigenvalue weighted by Crippen LogP contribution is -2.46. The Labute approximate surface area is 156 Å². The van der Waals surface area contributed by atoms with Gasteiger partial charge < -0.3 is 5.73 Å². The molecule has 5 heteroatoms. The predicted molar refractivity (Wildman–Crippen MR) is 105 cm³/mol. The Bertz CT molecular complexity index is 729. The van der Waals surface area contributed by atoms with Crippen molar-refractivity contribution < 1.29 is 0 Å². The number of hydrogen-bond acceptors (Lipinski definition) is 5. The Hall–Kier alpha value is -1.95. The number of rotatable bonds is 4. The van der Waals surface area contributed by atoms with Crippen LogP contribution in [-0.4, -0.2) is 35.6 Å². The molecule has 1 aromatic heterocycles. The van der Waals surface area contributed by atoms with Crippen molar-refractivity contribution in [3.63, 3.8) is 0 Å². The lowest BCUT2D eigenvalue weighted by Gasteiger charge is -2.37. The van der Waals surface area contributed by atoms with Crippen LogP contribution in [0.2, 0.25) is 0 Å². The summed E-state index contributed by atoms with van der Waals surface area (Å²) in [5, 5.41) is 0. The van der Waals surface area contributed by atoms with Crippen molar-refractivity contribution in [3.05, 3.63) is 59.3 Å². The van der Waals surface area contributed by atoms with Gasteiger partial charge in [-0.15, -0.1) is 0 Å². The Morgan fingerprint density at radius 1 is 1.23 bits per heavy atom. The van der Waals surface area contributed by atoms with Gasteiger partial charge in [-0.05, 0) is 43.9 Å². The van der Waals surface area contributed by atoms with Crippen LogP contribution in [0.3, 0.4) is 0 Å². The third-order valence-corrected chi connectivity index (χ3v) is 5.90. The number of pyridine rings is 1. The molecule has 3 atom stereocenters. The maximum absolute atomic E-state index is 6.04. The highest BCUT2D eigenvalue weighted by Crippen LogP contribution is 2.32. The molecule has 0 spiro atoms. The molecule has 3 unspecified atom stereocenters. The molecule has 4 N–H and O–H groups in total. The van der Waals surface area contributed by atoms with E-state index in [0.717, 1.165) is 31.7 Å². The average molecular weight is 351 g/mol. The van der Waals surface area contributed by atoms with Gasteiger partial charge in [-0.2, -0.15) is 0 Å². The van der Waals surface area contributed by atoms with Crippen LogP contribution in [0.5, 0.6) is 0 Å². The highest BCUT2D eigenvalue weighted by Gasteiger charge is 2.36. The fourth-order valence-electron chi connectivity index (χ4n) is 4.45. The van der Waals surface area contributed by atoms with Crippen molar-refractivity contribution >= 4 is 5.82 Å². The molecule has 0 radical (unpaired) electrons. The van der Waals surface area contributed by atoms with Crippen LogP contribution in [0.25, 0.3) is 0 Å². The summed E-state index contributed by atoms with van der Waals surface area (Å²) in [5.74, 6) is 1.83. The number of nitrogens with one attached hydrogen (secondary N) is 2. The van der Waals surface area contributed by atoms with E-state index >= 15 is 0 Å². The van der Waals surface area contributed by atoms with Gasteiger partial charge in [0.1, 0.15) is 5.82 Å². The Balaban J connectivity index is 1.45. The zero-order chi connectivity index (χ0) is 17.9. The molecule has 138 valence electrons. The van der Waals surface area contributed by atoms with Crippen molar-refractivity contribution in [1.29, 1.82) is 0 Å². The quantitative estimate of drug-likeness (QED) is 0.790. The normalized spacial score (nSPS) is 26.9. The molecular weight excluding hydrogens is 322 g/mol. The minimum atomic E-state index is 0.478. The fourth-order valence-corrected chi connectivity index (χ4v) is 4.45. The molecule has 0 aliphatic carbocycles. The van der Waals surface area contributed by atoms with Gasteiger partial charge in [0.25, 0.3) is 0 Å². The maximum atomic E-state index is 6.04. The lowest BCUT2D eigenvalue weighted by molar-refractivity contribution is 0.139. The summed E-state index contributed by atoms with van der Waals surface area (Å²) in [6.45, 7) is 6.29. The van der Waals surface area contributed by atoms with Gasteiger partial charge in [0.05, 0.1) is 0 Å². The first-order chi connectivity index (χ1) is 12.7. The molecule has 2 aliphatic heterocycles. The molecule has 5 nitrogen and oxygen atoms in total. The molecule has 0 bridgehead atoms. The third-order valence-electron chi connectivity index (χ3n) is 5.90. The van der Waals surface area contributed by atoms with Gasteiger partial charge in [-0.1, -0.05) is 35.9 Å². The minimum absolute atomic E-state index is 0.478. The van der Waals surface area contributed by atoms with Crippen LogP contribution < -0.4 is 16.6 Å². The molecule has 0 amide bonds. The smallest absolute Gasteiger partial charge is 0.127 e. The SMILES string of the molecule is Cc1ccc(C2CNNC2C2CCCN(Cc3cccnc3N)C2)cc1. The van der Waals surface area contributed by atoms with E-state index in [1.807, 2.05) is 6.07 Å². The summed E-state index contributed by atoms with van der Waals surface area (Å²) in [6.07, 6.45) is 4.28. The molecule has 26 heavy (non-hydrogen) atoms. The molecule has 2 saturated heterocycles. The Morgan fingerprint density at radius 3 is 2.88 bits per heavy atom. The second kappa shape index (κ2) is 7.74. The van der Waals surface area contributed by atoms with Crippen molar-refractivity contribution in [1.82, 2.24) is 20.7 Å². The van der Waals surface area contributed by atoms with Crippen molar-refractivity contribution in [2.45, 2.75) is 38.3 Å². The summed E-state index contributed by atoms with van der Waals surface area (Å²) >= 11 is 0. The first-order valence-electron chi connectivity index (χ1n) is 9.67. The summed E-state index contributed by atoms with van der Waals surface area (Å²) in [5.41, 5.74) is 16.9. The number of nitrogens with zero attached hydrogens (tertiary/aromatic N) is 2. The molecule has 4 rings (SSSR count). The largest absolute Gasteiger partial charge is 0.383 e. The number of piperidine rings is 1. The zero-order valence-corrected chi connectivity index (χ0v) is 15.5. The van der Waals surface area contributed by atoms with E-state index in [2.05, 4.69) is 58.0 Å². The van der Waals surface area contributed by atoms with Gasteiger partial charge >= 0.3 is 0 Å². The monoisotopic (exact) mass is 351 g/mol. The summed E-state index contributed by atoms with van der Waals surface area (Å²) in [7, 11) is 0. The summed E-state index contributed by atoms with van der Waals surface area (Å²) in [4.78, 5) is 6.76.